The number of hydrogen-bond donors (Lipinski definition) is 1. The SMILES string of the molecule is CCc1noc(NC(=O)Cc2ccc3c(c2)OCO3)c1-c1ccc(F)cc1. The Morgan fingerprint density at radius 3 is 2.70 bits per heavy atom. The lowest BCUT2D eigenvalue weighted by atomic mass is 10.0. The van der Waals surface area contributed by atoms with Crippen molar-refractivity contribution >= 4 is 11.8 Å². The summed E-state index contributed by atoms with van der Waals surface area (Å²) in [7, 11) is 0. The van der Waals surface area contributed by atoms with Crippen LogP contribution in [0.1, 0.15) is 18.2 Å². The van der Waals surface area contributed by atoms with Crippen LogP contribution in [0.15, 0.2) is 47.0 Å². The van der Waals surface area contributed by atoms with Crippen molar-refractivity contribution < 1.29 is 23.2 Å². The lowest BCUT2D eigenvalue weighted by Crippen LogP contribution is -2.14. The van der Waals surface area contributed by atoms with Gasteiger partial charge in [0.15, 0.2) is 11.5 Å². The first-order chi connectivity index (χ1) is 13.1. The Balaban J connectivity index is 1.54. The summed E-state index contributed by atoms with van der Waals surface area (Å²) in [6.07, 6.45) is 0.760. The molecule has 0 fully saturated rings. The number of hydrogen-bond acceptors (Lipinski definition) is 5. The second-order valence-corrected chi connectivity index (χ2v) is 6.11. The van der Waals surface area contributed by atoms with Crippen LogP contribution in [0.25, 0.3) is 11.1 Å². The number of rotatable bonds is 5. The minimum atomic E-state index is -0.332. The third-order valence-electron chi connectivity index (χ3n) is 4.29. The van der Waals surface area contributed by atoms with Crippen molar-refractivity contribution in [1.82, 2.24) is 5.16 Å². The molecule has 1 aliphatic rings. The van der Waals surface area contributed by atoms with Crippen molar-refractivity contribution in [1.29, 1.82) is 0 Å². The number of carbonyl (C=O) groups excluding carboxylic acids is 1. The fraction of sp³-hybridized carbons (Fsp3) is 0.200. The molecule has 2 aromatic carbocycles. The van der Waals surface area contributed by atoms with Crippen LogP contribution < -0.4 is 14.8 Å². The van der Waals surface area contributed by atoms with Gasteiger partial charge in [-0.05, 0) is 41.8 Å². The molecule has 1 amide bonds. The molecule has 1 aliphatic heterocycles. The number of carbonyl (C=O) groups is 1. The molecule has 0 unspecified atom stereocenters. The molecule has 0 saturated heterocycles. The highest BCUT2D eigenvalue weighted by atomic mass is 19.1. The summed E-state index contributed by atoms with van der Waals surface area (Å²) < 4.78 is 29.2. The Morgan fingerprint density at radius 1 is 1.15 bits per heavy atom. The van der Waals surface area contributed by atoms with Gasteiger partial charge in [0.05, 0.1) is 17.7 Å². The third-order valence-corrected chi connectivity index (χ3v) is 4.29. The first-order valence-electron chi connectivity index (χ1n) is 8.57. The van der Waals surface area contributed by atoms with Crippen molar-refractivity contribution in [2.75, 3.05) is 12.1 Å². The molecule has 0 spiro atoms. The van der Waals surface area contributed by atoms with E-state index in [2.05, 4.69) is 10.5 Å². The van der Waals surface area contributed by atoms with Crippen molar-refractivity contribution in [3.63, 3.8) is 0 Å². The van der Waals surface area contributed by atoms with Gasteiger partial charge in [-0.1, -0.05) is 30.3 Å². The number of nitrogens with zero attached hydrogens (tertiary/aromatic N) is 1. The van der Waals surface area contributed by atoms with Gasteiger partial charge in [-0.2, -0.15) is 0 Å². The van der Waals surface area contributed by atoms with Crippen LogP contribution in [0.2, 0.25) is 0 Å². The molecule has 1 aromatic heterocycles. The highest BCUT2D eigenvalue weighted by Crippen LogP contribution is 2.34. The second kappa shape index (κ2) is 7.11. The topological polar surface area (TPSA) is 73.6 Å². The molecule has 1 N–H and O–H groups in total. The second-order valence-electron chi connectivity index (χ2n) is 6.11. The smallest absolute Gasteiger partial charge is 0.239 e. The molecule has 0 atom stereocenters. The molecule has 4 rings (SSSR count). The van der Waals surface area contributed by atoms with Gasteiger partial charge in [0.2, 0.25) is 18.6 Å². The van der Waals surface area contributed by atoms with Gasteiger partial charge in [-0.3, -0.25) is 10.1 Å². The van der Waals surface area contributed by atoms with Gasteiger partial charge < -0.3 is 14.0 Å². The molecule has 0 radical (unpaired) electrons. The van der Waals surface area contributed by atoms with E-state index in [4.69, 9.17) is 14.0 Å². The lowest BCUT2D eigenvalue weighted by molar-refractivity contribution is -0.115. The summed E-state index contributed by atoms with van der Waals surface area (Å²) in [6, 6.07) is 11.4. The number of ether oxygens (including phenoxy) is 2. The zero-order valence-electron chi connectivity index (χ0n) is 14.6. The van der Waals surface area contributed by atoms with Crippen LogP contribution in [0.5, 0.6) is 11.5 Å². The Hall–Kier alpha value is -3.35. The van der Waals surface area contributed by atoms with E-state index in [1.165, 1.54) is 12.1 Å². The van der Waals surface area contributed by atoms with Crippen molar-refractivity contribution in [2.24, 2.45) is 0 Å². The quantitative estimate of drug-likeness (QED) is 0.738. The van der Waals surface area contributed by atoms with E-state index in [1.807, 2.05) is 13.0 Å². The molecule has 3 aromatic rings. The first-order valence-corrected chi connectivity index (χ1v) is 8.57. The summed E-state index contributed by atoms with van der Waals surface area (Å²) in [5.41, 5.74) is 2.87. The molecule has 138 valence electrons. The number of amides is 1. The van der Waals surface area contributed by atoms with Crippen molar-refractivity contribution in [3.05, 3.63) is 59.5 Å². The lowest BCUT2D eigenvalue weighted by Gasteiger charge is -2.06. The minimum absolute atomic E-state index is 0.141. The number of aryl methyl sites for hydroxylation is 1. The largest absolute Gasteiger partial charge is 0.454 e. The average Bonchev–Trinajstić information content (AvgIpc) is 3.28. The van der Waals surface area contributed by atoms with Gasteiger partial charge in [0, 0.05) is 0 Å². The Bertz CT molecular complexity index is 982. The molecule has 6 nitrogen and oxygen atoms in total. The summed E-state index contributed by atoms with van der Waals surface area (Å²) in [5.74, 6) is 0.961. The van der Waals surface area contributed by atoms with E-state index in [9.17, 15) is 9.18 Å². The van der Waals surface area contributed by atoms with Crippen LogP contribution in [0.3, 0.4) is 0 Å². The van der Waals surface area contributed by atoms with E-state index < -0.39 is 0 Å². The standard InChI is InChI=1S/C20H17FN2O4/c1-2-15-19(13-4-6-14(21)7-5-13)20(27-23-15)22-18(24)10-12-3-8-16-17(9-12)26-11-25-16/h3-9H,2,10-11H2,1H3,(H,22,24). The van der Waals surface area contributed by atoms with Gasteiger partial charge in [0.1, 0.15) is 5.82 Å². The van der Waals surface area contributed by atoms with E-state index >= 15 is 0 Å². The maximum Gasteiger partial charge on any atom is 0.239 e. The molecule has 27 heavy (non-hydrogen) atoms. The van der Waals surface area contributed by atoms with Crippen LogP contribution in [0, 0.1) is 5.82 Å². The van der Waals surface area contributed by atoms with Crippen LogP contribution in [0.4, 0.5) is 10.3 Å². The number of halogens is 1. The summed E-state index contributed by atoms with van der Waals surface area (Å²) in [4.78, 5) is 12.5. The maximum absolute atomic E-state index is 13.2. The molecular weight excluding hydrogens is 351 g/mol. The number of fused-ring (bicyclic) bond motifs is 1. The monoisotopic (exact) mass is 368 g/mol. The van der Waals surface area contributed by atoms with Gasteiger partial charge >= 0.3 is 0 Å². The third kappa shape index (κ3) is 3.48. The van der Waals surface area contributed by atoms with Crippen LogP contribution in [-0.2, 0) is 17.6 Å². The number of anilines is 1. The zero-order valence-corrected chi connectivity index (χ0v) is 14.6. The molecule has 0 saturated carbocycles. The fourth-order valence-corrected chi connectivity index (χ4v) is 2.97. The predicted octanol–water partition coefficient (Wildman–Crippen LogP) is 3.95. The number of aromatic nitrogens is 1. The number of benzene rings is 2. The Morgan fingerprint density at radius 2 is 1.93 bits per heavy atom. The molecular formula is C20H17FN2O4. The minimum Gasteiger partial charge on any atom is -0.454 e. The van der Waals surface area contributed by atoms with Crippen LogP contribution in [-0.4, -0.2) is 17.9 Å². The Labute approximate surface area is 154 Å². The average molecular weight is 368 g/mol. The fourth-order valence-electron chi connectivity index (χ4n) is 2.97. The Kier molecular flexibility index (Phi) is 4.50. The van der Waals surface area contributed by atoms with E-state index in [0.717, 1.165) is 11.1 Å². The van der Waals surface area contributed by atoms with E-state index in [1.54, 1.807) is 24.3 Å². The number of nitrogens with one attached hydrogen (secondary N) is 1. The highest BCUT2D eigenvalue weighted by Gasteiger charge is 2.20. The zero-order chi connectivity index (χ0) is 18.8. The normalized spacial score (nSPS) is 12.2. The molecule has 0 bridgehead atoms. The van der Waals surface area contributed by atoms with E-state index in [-0.39, 0.29) is 30.8 Å². The van der Waals surface area contributed by atoms with Gasteiger partial charge in [0.25, 0.3) is 0 Å². The van der Waals surface area contributed by atoms with Crippen LogP contribution >= 0.6 is 0 Å². The van der Waals surface area contributed by atoms with Crippen molar-refractivity contribution in [3.8, 4) is 22.6 Å². The predicted molar refractivity (Wildman–Crippen MR) is 96.2 cm³/mol. The summed E-state index contributed by atoms with van der Waals surface area (Å²) in [6.45, 7) is 2.12. The summed E-state index contributed by atoms with van der Waals surface area (Å²) >= 11 is 0. The highest BCUT2D eigenvalue weighted by molar-refractivity contribution is 5.95. The van der Waals surface area contributed by atoms with Crippen molar-refractivity contribution in [2.45, 2.75) is 19.8 Å². The molecule has 0 aliphatic carbocycles. The first kappa shape index (κ1) is 17.1. The molecule has 7 heteroatoms. The molecule has 2 heterocycles. The van der Waals surface area contributed by atoms with Gasteiger partial charge in [-0.15, -0.1) is 0 Å². The van der Waals surface area contributed by atoms with E-state index in [0.29, 0.717) is 29.2 Å². The maximum atomic E-state index is 13.2. The summed E-state index contributed by atoms with van der Waals surface area (Å²) in [5, 5.41) is 6.78. The van der Waals surface area contributed by atoms with Gasteiger partial charge in [-0.25, -0.2) is 4.39 Å².